The predicted octanol–water partition coefficient (Wildman–Crippen LogP) is 2.41. The van der Waals surface area contributed by atoms with E-state index in [1.165, 1.54) is 21.6 Å². The summed E-state index contributed by atoms with van der Waals surface area (Å²) in [5, 5.41) is 14.7. The van der Waals surface area contributed by atoms with Gasteiger partial charge >= 0.3 is 23.3 Å². The first-order chi connectivity index (χ1) is 17.9. The molecule has 14 heteroatoms. The van der Waals surface area contributed by atoms with Crippen molar-refractivity contribution >= 4 is 17.3 Å². The first-order valence-electron chi connectivity index (χ1n) is 11.7. The van der Waals surface area contributed by atoms with E-state index in [1.807, 2.05) is 24.4 Å². The third-order valence-electron chi connectivity index (χ3n) is 6.62. The summed E-state index contributed by atoms with van der Waals surface area (Å²) >= 11 is 1.53. The molecule has 1 aromatic carbocycles. The summed E-state index contributed by atoms with van der Waals surface area (Å²) in [5.41, 5.74) is 0.729. The zero-order valence-corrected chi connectivity index (χ0v) is 21.5. The third kappa shape index (κ3) is 5.80. The maximum absolute atomic E-state index is 12.8. The Hall–Kier alpha value is -3.52. The Morgan fingerprint density at radius 2 is 1.89 bits per heavy atom. The minimum Gasteiger partial charge on any atom is -0.497 e. The molecule has 10 nitrogen and oxygen atoms in total. The van der Waals surface area contributed by atoms with Crippen LogP contribution in [0.25, 0.3) is 0 Å². The van der Waals surface area contributed by atoms with Crippen molar-refractivity contribution in [3.05, 3.63) is 72.4 Å². The second kappa shape index (κ2) is 10.7. The molecule has 5 rings (SSSR count). The van der Waals surface area contributed by atoms with Gasteiger partial charge in [-0.3, -0.25) is 19.1 Å². The molecule has 2 aromatic heterocycles. The zero-order chi connectivity index (χ0) is 27.7. The van der Waals surface area contributed by atoms with Crippen LogP contribution in [-0.4, -0.2) is 61.7 Å². The van der Waals surface area contributed by atoms with Crippen molar-refractivity contribution in [2.75, 3.05) is 20.2 Å². The Labute approximate surface area is 218 Å². The molecule has 4 heterocycles. The van der Waals surface area contributed by atoms with Crippen LogP contribution in [0.3, 0.4) is 0 Å². The molecule has 3 aromatic rings. The van der Waals surface area contributed by atoms with E-state index in [0.29, 0.717) is 6.54 Å². The van der Waals surface area contributed by atoms with Crippen molar-refractivity contribution in [1.29, 1.82) is 0 Å². The van der Waals surface area contributed by atoms with E-state index in [0.717, 1.165) is 54.8 Å². The van der Waals surface area contributed by atoms with Crippen LogP contribution in [-0.2, 0) is 29.8 Å². The second-order valence-corrected chi connectivity index (χ2v) is 10.3. The van der Waals surface area contributed by atoms with Crippen molar-refractivity contribution < 1.29 is 27.8 Å². The maximum atomic E-state index is 12.8. The van der Waals surface area contributed by atoms with Gasteiger partial charge in [-0.1, -0.05) is 12.1 Å². The van der Waals surface area contributed by atoms with Gasteiger partial charge in [0.2, 0.25) is 0 Å². The number of alkyl halides is 3. The molecule has 204 valence electrons. The Bertz CT molecular complexity index is 1450. The van der Waals surface area contributed by atoms with Crippen molar-refractivity contribution in [3.8, 4) is 5.75 Å². The molecule has 0 saturated carbocycles. The van der Waals surface area contributed by atoms with Crippen LogP contribution in [0.2, 0.25) is 0 Å². The molecule has 0 amide bonds. The highest BCUT2D eigenvalue weighted by Crippen LogP contribution is 2.40. The average molecular weight is 554 g/mol. The largest absolute Gasteiger partial charge is 0.497 e. The smallest absolute Gasteiger partial charge is 0.490 e. The van der Waals surface area contributed by atoms with E-state index in [2.05, 4.69) is 22.0 Å². The molecular weight excluding hydrogens is 527 g/mol. The number of hydrogen-bond donors (Lipinski definition) is 1. The molecule has 1 fully saturated rings. The number of methoxy groups -OCH3 is 1. The number of rotatable bonds is 5. The fourth-order valence-corrected chi connectivity index (χ4v) is 5.43. The number of benzene rings is 1. The molecule has 1 atom stereocenters. The van der Waals surface area contributed by atoms with Crippen molar-refractivity contribution in [2.45, 2.75) is 51.0 Å². The van der Waals surface area contributed by atoms with E-state index in [4.69, 9.17) is 19.7 Å². The van der Waals surface area contributed by atoms with Gasteiger partial charge in [-0.15, -0.1) is 11.3 Å². The molecule has 1 saturated heterocycles. The van der Waals surface area contributed by atoms with E-state index in [-0.39, 0.29) is 12.0 Å². The van der Waals surface area contributed by atoms with Gasteiger partial charge in [0.05, 0.1) is 24.4 Å². The number of nitrogens with zero attached hydrogens (tertiary/aromatic N) is 5. The summed E-state index contributed by atoms with van der Waals surface area (Å²) < 4.78 is 40.0. The van der Waals surface area contributed by atoms with Crippen LogP contribution in [0.4, 0.5) is 13.2 Å². The van der Waals surface area contributed by atoms with Gasteiger partial charge in [-0.2, -0.15) is 18.3 Å². The highest BCUT2D eigenvalue weighted by atomic mass is 32.1. The van der Waals surface area contributed by atoms with Gasteiger partial charge in [0, 0.05) is 30.4 Å². The normalized spacial score (nSPS) is 18.8. The molecule has 38 heavy (non-hydrogen) atoms. The number of likely N-dealkylation sites (tertiary alicyclic amines) is 1. The maximum Gasteiger partial charge on any atom is 0.490 e. The van der Waals surface area contributed by atoms with Crippen molar-refractivity contribution in [2.24, 2.45) is 0 Å². The van der Waals surface area contributed by atoms with Crippen LogP contribution >= 0.6 is 11.3 Å². The standard InChI is InChI=1S/C22H25N5O3S.C2HF3O2/c1-15-23-17(13-31-15)12-27-20(29)19(28)26-9-7-22(21(26)24-27)6-8-25(14-22)11-16-4-3-5-18(10-16)30-2;3-2(4,5)1(6)7/h3-5,10,13H,6-9,11-12,14H2,1-2H3;(H,6,7). The van der Waals surface area contributed by atoms with E-state index in [9.17, 15) is 22.8 Å². The molecule has 2 aliphatic rings. The minimum atomic E-state index is -5.08. The number of fused-ring (bicyclic) bond motifs is 2. The Balaban J connectivity index is 0.000000426. The van der Waals surface area contributed by atoms with Gasteiger partial charge in [0.1, 0.15) is 11.6 Å². The number of hydrogen-bond acceptors (Lipinski definition) is 8. The summed E-state index contributed by atoms with van der Waals surface area (Å²) in [7, 11) is 1.68. The Morgan fingerprint density at radius 3 is 2.53 bits per heavy atom. The second-order valence-electron chi connectivity index (χ2n) is 9.25. The fraction of sp³-hybridized carbons (Fsp3) is 0.458. The molecule has 0 aliphatic carbocycles. The summed E-state index contributed by atoms with van der Waals surface area (Å²) in [5.74, 6) is -1.16. The Morgan fingerprint density at radius 1 is 1.18 bits per heavy atom. The number of aliphatic carboxylic acids is 1. The van der Waals surface area contributed by atoms with Crippen LogP contribution in [0.15, 0.2) is 39.2 Å². The lowest BCUT2D eigenvalue weighted by molar-refractivity contribution is -0.192. The number of carboxylic acid groups (broad SMARTS) is 1. The molecule has 1 spiro atoms. The van der Waals surface area contributed by atoms with E-state index in [1.54, 1.807) is 11.7 Å². The van der Waals surface area contributed by atoms with Crippen molar-refractivity contribution in [1.82, 2.24) is 24.2 Å². The average Bonchev–Trinajstić information content (AvgIpc) is 3.57. The fourth-order valence-electron chi connectivity index (χ4n) is 4.82. The Kier molecular flexibility index (Phi) is 7.74. The topological polar surface area (TPSA) is 120 Å². The first kappa shape index (κ1) is 27.5. The number of ether oxygens (including phenoxy) is 1. The van der Waals surface area contributed by atoms with Crippen LogP contribution in [0, 0.1) is 6.92 Å². The van der Waals surface area contributed by atoms with Crippen LogP contribution in [0.5, 0.6) is 5.75 Å². The van der Waals surface area contributed by atoms with Gasteiger partial charge < -0.3 is 9.84 Å². The number of carboxylic acids is 1. The van der Waals surface area contributed by atoms with Gasteiger partial charge in [0.25, 0.3) is 0 Å². The SMILES string of the molecule is COc1cccc(CN2CCC3(CCn4c3nn(Cc3csc(C)n3)c(=O)c4=O)C2)c1.O=C(O)C(F)(F)F. The van der Waals surface area contributed by atoms with Gasteiger partial charge in [-0.05, 0) is 44.0 Å². The summed E-state index contributed by atoms with van der Waals surface area (Å²) in [4.78, 5) is 41.2. The quantitative estimate of drug-likeness (QED) is 0.479. The molecule has 0 radical (unpaired) electrons. The number of aromatic nitrogens is 4. The lowest BCUT2D eigenvalue weighted by Gasteiger charge is -2.24. The number of thiazole rings is 1. The summed E-state index contributed by atoms with van der Waals surface area (Å²) in [6.07, 6.45) is -3.32. The monoisotopic (exact) mass is 553 g/mol. The van der Waals surface area contributed by atoms with Crippen LogP contribution in [0.1, 0.15) is 34.9 Å². The highest BCUT2D eigenvalue weighted by molar-refractivity contribution is 7.09. The minimum absolute atomic E-state index is 0.189. The zero-order valence-electron chi connectivity index (χ0n) is 20.7. The van der Waals surface area contributed by atoms with Gasteiger partial charge in [-0.25, -0.2) is 14.5 Å². The lowest BCUT2D eigenvalue weighted by Crippen LogP contribution is -2.45. The molecule has 0 bridgehead atoms. The highest BCUT2D eigenvalue weighted by Gasteiger charge is 2.47. The van der Waals surface area contributed by atoms with Crippen molar-refractivity contribution in [3.63, 3.8) is 0 Å². The summed E-state index contributed by atoms with van der Waals surface area (Å²) in [6, 6.07) is 8.11. The number of carbonyl (C=O) groups is 1. The van der Waals surface area contributed by atoms with E-state index < -0.39 is 23.3 Å². The molecule has 1 N–H and O–H groups in total. The van der Waals surface area contributed by atoms with Crippen LogP contribution < -0.4 is 15.9 Å². The number of halogens is 3. The molecule has 1 unspecified atom stereocenters. The third-order valence-corrected chi connectivity index (χ3v) is 7.44. The number of aryl methyl sites for hydroxylation is 1. The predicted molar refractivity (Wildman–Crippen MR) is 132 cm³/mol. The lowest BCUT2D eigenvalue weighted by atomic mass is 9.85. The molecule has 2 aliphatic heterocycles. The summed E-state index contributed by atoms with van der Waals surface area (Å²) in [6.45, 7) is 5.28. The van der Waals surface area contributed by atoms with Gasteiger partial charge in [0.15, 0.2) is 0 Å². The molecular formula is C24H26F3N5O5S. The van der Waals surface area contributed by atoms with E-state index >= 15 is 0 Å². The first-order valence-corrected chi connectivity index (χ1v) is 12.6.